The van der Waals surface area contributed by atoms with E-state index >= 15 is 0 Å². The minimum Gasteiger partial charge on any atom is -0.756 e. The number of carbonyl (C=O) groups is 1. The zero-order valence-electron chi connectivity index (χ0n) is 42.2. The van der Waals surface area contributed by atoms with E-state index in [-0.39, 0.29) is 12.5 Å². The maximum Gasteiger partial charge on any atom is 0.268 e. The average molecular weight is 917 g/mol. The monoisotopic (exact) mass is 917 g/mol. The number of quaternary nitrogens is 1. The molecule has 0 aromatic carbocycles. The molecule has 0 aliphatic carbocycles. The quantitative estimate of drug-likeness (QED) is 0.0272. The highest BCUT2D eigenvalue weighted by molar-refractivity contribution is 7.45. The molecule has 9 heteroatoms. The lowest BCUT2D eigenvalue weighted by Crippen LogP contribution is -2.45. The summed E-state index contributed by atoms with van der Waals surface area (Å²) >= 11 is 0. The fourth-order valence-electron chi connectivity index (χ4n) is 7.29. The predicted octanol–water partition coefficient (Wildman–Crippen LogP) is 14.9. The topological polar surface area (TPSA) is 108 Å². The number of rotatable bonds is 47. The highest BCUT2D eigenvalue weighted by Crippen LogP contribution is 2.38. The first kappa shape index (κ1) is 61.9. The minimum absolute atomic E-state index is 0.00774. The summed E-state index contributed by atoms with van der Waals surface area (Å²) in [7, 11) is 1.24. The lowest BCUT2D eigenvalue weighted by Gasteiger charge is -2.29. The third-order valence-electron chi connectivity index (χ3n) is 11.4. The molecule has 1 amide bonds. The second-order valence-electron chi connectivity index (χ2n) is 18.8. The first-order chi connectivity index (χ1) is 31.0. The van der Waals surface area contributed by atoms with Crippen molar-refractivity contribution in [2.24, 2.45) is 0 Å². The molecule has 0 fully saturated rings. The molecule has 2 N–H and O–H groups in total. The van der Waals surface area contributed by atoms with E-state index in [4.69, 9.17) is 9.05 Å². The van der Waals surface area contributed by atoms with Crippen LogP contribution >= 0.6 is 7.82 Å². The molecule has 0 bridgehead atoms. The highest BCUT2D eigenvalue weighted by atomic mass is 31.2. The standard InChI is InChI=1S/C55H101N2O6P/c1-6-8-10-12-14-15-16-17-18-19-20-21-22-23-24-25-26-27-28-29-30-31-32-33-34-35-36-37-38-39-40-41-43-45-47-49-55(59)56-53(54(58)48-46-44-42-13-11-9-7-2)52-63-64(60,61)62-51-50-57(3,4)5/h8,10-11,13-15,17-18,20-21,46,48,53-54,58H,6-7,9,12,16,19,22-45,47,49-52H2,1-5H3,(H-,56,59,60,61)/b10-8-,13-11+,15-14-,18-17-,21-20-,48-46+. The van der Waals surface area contributed by atoms with Gasteiger partial charge in [0.05, 0.1) is 39.9 Å². The predicted molar refractivity (Wildman–Crippen MR) is 274 cm³/mol. The number of aliphatic hydroxyl groups is 1. The van der Waals surface area contributed by atoms with E-state index in [1.54, 1.807) is 6.08 Å². The van der Waals surface area contributed by atoms with Gasteiger partial charge in [-0.3, -0.25) is 9.36 Å². The molecule has 3 unspecified atom stereocenters. The zero-order valence-corrected chi connectivity index (χ0v) is 43.1. The number of amides is 1. The minimum atomic E-state index is -4.59. The van der Waals surface area contributed by atoms with Crippen LogP contribution < -0.4 is 10.2 Å². The van der Waals surface area contributed by atoms with Crippen molar-refractivity contribution in [3.8, 4) is 0 Å². The number of nitrogens with zero attached hydrogens (tertiary/aromatic N) is 1. The molecular weight excluding hydrogens is 816 g/mol. The van der Waals surface area contributed by atoms with Gasteiger partial charge in [0.1, 0.15) is 13.2 Å². The summed E-state index contributed by atoms with van der Waals surface area (Å²) < 4.78 is 23.1. The third kappa shape index (κ3) is 47.9. The number of hydrogen-bond donors (Lipinski definition) is 2. The Morgan fingerprint density at radius 2 is 0.969 bits per heavy atom. The molecule has 372 valence electrons. The lowest BCUT2D eigenvalue weighted by atomic mass is 10.0. The van der Waals surface area contributed by atoms with E-state index in [1.807, 2.05) is 27.2 Å². The van der Waals surface area contributed by atoms with Gasteiger partial charge < -0.3 is 28.8 Å². The van der Waals surface area contributed by atoms with Crippen LogP contribution in [0.2, 0.25) is 0 Å². The molecule has 0 rings (SSSR count). The van der Waals surface area contributed by atoms with Gasteiger partial charge in [0, 0.05) is 6.42 Å². The van der Waals surface area contributed by atoms with Crippen molar-refractivity contribution in [2.75, 3.05) is 40.9 Å². The Hall–Kier alpha value is -2.06. The molecule has 0 aliphatic rings. The van der Waals surface area contributed by atoms with E-state index in [9.17, 15) is 19.4 Å². The van der Waals surface area contributed by atoms with Gasteiger partial charge in [-0.05, 0) is 64.2 Å². The molecule has 0 heterocycles. The van der Waals surface area contributed by atoms with Gasteiger partial charge in [-0.25, -0.2) is 0 Å². The second-order valence-corrected chi connectivity index (χ2v) is 20.2. The fraction of sp³-hybridized carbons (Fsp3) is 0.764. The summed E-state index contributed by atoms with van der Waals surface area (Å²) in [6, 6.07) is -0.900. The Kier molecular flexibility index (Phi) is 44.6. The summed E-state index contributed by atoms with van der Waals surface area (Å²) in [5.41, 5.74) is 0. The average Bonchev–Trinajstić information content (AvgIpc) is 3.25. The van der Waals surface area contributed by atoms with E-state index in [0.29, 0.717) is 17.4 Å². The number of likely N-dealkylation sites (N-methyl/N-ethyl adjacent to an activating group) is 1. The van der Waals surface area contributed by atoms with Crippen molar-refractivity contribution in [1.82, 2.24) is 5.32 Å². The Balaban J connectivity index is 3.84. The van der Waals surface area contributed by atoms with Crippen LogP contribution in [0.25, 0.3) is 0 Å². The molecule has 0 aromatic heterocycles. The van der Waals surface area contributed by atoms with Gasteiger partial charge in [-0.2, -0.15) is 0 Å². The highest BCUT2D eigenvalue weighted by Gasteiger charge is 2.23. The zero-order chi connectivity index (χ0) is 47.1. The summed E-state index contributed by atoms with van der Waals surface area (Å²) in [6.07, 6.45) is 63.1. The lowest BCUT2D eigenvalue weighted by molar-refractivity contribution is -0.870. The molecular formula is C55H101N2O6P. The molecule has 8 nitrogen and oxygen atoms in total. The smallest absolute Gasteiger partial charge is 0.268 e. The van der Waals surface area contributed by atoms with Crippen LogP contribution in [0.1, 0.15) is 219 Å². The van der Waals surface area contributed by atoms with Crippen LogP contribution in [-0.2, 0) is 18.4 Å². The Bertz CT molecular complexity index is 1270. The van der Waals surface area contributed by atoms with E-state index in [1.165, 1.54) is 128 Å². The summed E-state index contributed by atoms with van der Waals surface area (Å²) in [4.78, 5) is 25.2. The molecule has 0 aromatic rings. The number of hydrogen-bond acceptors (Lipinski definition) is 6. The second kappa shape index (κ2) is 46.1. The number of allylic oxidation sites excluding steroid dienone is 11. The SMILES string of the molecule is CC/C=C\C/C=C\C/C=C\C/C=C\CCCCCCCCCCCCCCCCCCCCCCCCC(=O)NC(COP(=O)([O-])OCC[N+](C)(C)C)C(O)/C=C/CC/C=C/CCC. The van der Waals surface area contributed by atoms with E-state index < -0.39 is 26.6 Å². The molecule has 0 radical (unpaired) electrons. The van der Waals surface area contributed by atoms with Gasteiger partial charge in [-0.1, -0.05) is 222 Å². The van der Waals surface area contributed by atoms with Crippen molar-refractivity contribution in [2.45, 2.75) is 231 Å². The maximum atomic E-state index is 12.8. The van der Waals surface area contributed by atoms with Crippen molar-refractivity contribution in [3.05, 3.63) is 72.9 Å². The van der Waals surface area contributed by atoms with Gasteiger partial charge in [-0.15, -0.1) is 0 Å². The van der Waals surface area contributed by atoms with Crippen LogP contribution in [0, 0.1) is 0 Å². The van der Waals surface area contributed by atoms with Gasteiger partial charge in [0.2, 0.25) is 5.91 Å². The van der Waals surface area contributed by atoms with Crippen molar-refractivity contribution in [3.63, 3.8) is 0 Å². The number of unbranched alkanes of at least 4 members (excludes halogenated alkanes) is 24. The normalized spacial score (nSPS) is 14.7. The molecule has 3 atom stereocenters. The first-order valence-corrected chi connectivity index (χ1v) is 27.8. The molecule has 0 aliphatic heterocycles. The largest absolute Gasteiger partial charge is 0.756 e. The molecule has 0 saturated carbocycles. The van der Waals surface area contributed by atoms with Gasteiger partial charge in [0.25, 0.3) is 7.82 Å². The number of nitrogens with one attached hydrogen (secondary N) is 1. The fourth-order valence-corrected chi connectivity index (χ4v) is 8.01. The van der Waals surface area contributed by atoms with Crippen molar-refractivity contribution >= 4 is 13.7 Å². The van der Waals surface area contributed by atoms with Crippen LogP contribution in [-0.4, -0.2) is 68.5 Å². The molecule has 0 saturated heterocycles. The summed E-state index contributed by atoms with van der Waals surface area (Å²) in [5.74, 6) is -0.211. The summed E-state index contributed by atoms with van der Waals surface area (Å²) in [5, 5.41) is 13.7. The number of aliphatic hydroxyl groups excluding tert-OH is 1. The number of carbonyl (C=O) groups excluding carboxylic acids is 1. The van der Waals surface area contributed by atoms with Gasteiger partial charge >= 0.3 is 0 Å². The maximum absolute atomic E-state index is 12.8. The Morgan fingerprint density at radius 1 is 0.562 bits per heavy atom. The van der Waals surface area contributed by atoms with Crippen LogP contribution in [0.3, 0.4) is 0 Å². The van der Waals surface area contributed by atoms with Crippen LogP contribution in [0.4, 0.5) is 0 Å². The van der Waals surface area contributed by atoms with Crippen molar-refractivity contribution in [1.29, 1.82) is 0 Å². The number of phosphoric ester groups is 1. The Morgan fingerprint density at radius 3 is 1.44 bits per heavy atom. The number of phosphoric acid groups is 1. The molecule has 0 spiro atoms. The van der Waals surface area contributed by atoms with Crippen molar-refractivity contribution < 1.29 is 32.9 Å². The van der Waals surface area contributed by atoms with Crippen LogP contribution in [0.15, 0.2) is 72.9 Å². The van der Waals surface area contributed by atoms with E-state index in [0.717, 1.165) is 70.6 Å². The first-order valence-electron chi connectivity index (χ1n) is 26.3. The van der Waals surface area contributed by atoms with E-state index in [2.05, 4.69) is 79.9 Å². The molecule has 64 heavy (non-hydrogen) atoms. The third-order valence-corrected chi connectivity index (χ3v) is 12.3. The Labute approximate surface area is 395 Å². The van der Waals surface area contributed by atoms with Crippen LogP contribution in [0.5, 0.6) is 0 Å². The summed E-state index contributed by atoms with van der Waals surface area (Å²) in [6.45, 7) is 4.40. The van der Waals surface area contributed by atoms with Gasteiger partial charge in [0.15, 0.2) is 0 Å².